The number of benzene rings is 1. The number of sulfonamides is 1. The van der Waals surface area contributed by atoms with E-state index >= 15 is 0 Å². The first kappa shape index (κ1) is 40.8. The minimum Gasteiger partial charge on any atom is -0.481 e. The molecule has 2 saturated heterocycles. The molecule has 308 valence electrons. The predicted octanol–water partition coefficient (Wildman–Crippen LogP) is 5.19. The third-order valence-electron chi connectivity index (χ3n) is 11.5. The minimum absolute atomic E-state index is 0.0196. The number of carbonyl (C=O) groups is 1. The Labute approximate surface area is 329 Å². The van der Waals surface area contributed by atoms with Gasteiger partial charge in [0.25, 0.3) is 0 Å². The van der Waals surface area contributed by atoms with Crippen LogP contribution in [0.15, 0.2) is 41.4 Å². The zero-order chi connectivity index (χ0) is 40.9. The van der Waals surface area contributed by atoms with Gasteiger partial charge in [0.1, 0.15) is 16.3 Å². The van der Waals surface area contributed by atoms with Crippen LogP contribution in [-0.4, -0.2) is 113 Å². The van der Waals surface area contributed by atoms with E-state index in [0.717, 1.165) is 29.6 Å². The number of nitrogens with one attached hydrogen (secondary N) is 1. The normalized spacial score (nSPS) is 19.5. The highest BCUT2D eigenvalue weighted by molar-refractivity contribution is 7.89. The number of ether oxygens (including phenoxy) is 3. The Bertz CT molecular complexity index is 2270. The van der Waals surface area contributed by atoms with Gasteiger partial charge in [0.15, 0.2) is 5.65 Å². The Morgan fingerprint density at radius 1 is 1.00 bits per heavy atom. The van der Waals surface area contributed by atoms with Crippen LogP contribution in [0.25, 0.3) is 5.65 Å². The van der Waals surface area contributed by atoms with E-state index in [-0.39, 0.29) is 29.5 Å². The molecule has 0 radical (unpaired) electrons. The van der Waals surface area contributed by atoms with Gasteiger partial charge >= 0.3 is 12.1 Å². The van der Waals surface area contributed by atoms with Crippen LogP contribution in [0.5, 0.6) is 5.88 Å². The molecule has 57 heavy (non-hydrogen) atoms. The molecule has 2 N–H and O–H groups in total. The second-order valence-corrected chi connectivity index (χ2v) is 17.7. The number of nitrogens with zero attached hydrogens (tertiary/aromatic N) is 6. The smallest absolute Gasteiger partial charge is 0.452 e. The molecular formula is C39H48F3N7O7S. The Hall–Kier alpha value is -4.36. The van der Waals surface area contributed by atoms with Crippen molar-refractivity contribution in [2.75, 3.05) is 64.5 Å². The highest BCUT2D eigenvalue weighted by Gasteiger charge is 2.47. The minimum atomic E-state index is -4.75. The van der Waals surface area contributed by atoms with Crippen LogP contribution in [0.1, 0.15) is 71.8 Å². The van der Waals surface area contributed by atoms with Crippen molar-refractivity contribution in [3.05, 3.63) is 75.7 Å². The van der Waals surface area contributed by atoms with Crippen LogP contribution in [0.2, 0.25) is 0 Å². The van der Waals surface area contributed by atoms with Crippen molar-refractivity contribution in [3.63, 3.8) is 0 Å². The molecule has 2 fully saturated rings. The molecule has 0 amide bonds. The number of hydrogen-bond donors (Lipinski definition) is 2. The lowest BCUT2D eigenvalue weighted by Gasteiger charge is -2.38. The van der Waals surface area contributed by atoms with Gasteiger partial charge < -0.3 is 24.6 Å². The summed E-state index contributed by atoms with van der Waals surface area (Å²) in [5, 5.41) is 21.1. The quantitative estimate of drug-likeness (QED) is 0.216. The van der Waals surface area contributed by atoms with Gasteiger partial charge in [-0.25, -0.2) is 8.42 Å². The fraction of sp³-hybridized carbons (Fsp3) is 0.538. The highest BCUT2D eigenvalue weighted by Crippen LogP contribution is 2.45. The fourth-order valence-corrected chi connectivity index (χ4v) is 9.66. The lowest BCUT2D eigenvalue weighted by molar-refractivity contribution is -0.147. The Balaban J connectivity index is 1.26. The number of rotatable bonds is 10. The molecule has 1 unspecified atom stereocenters. The maximum absolute atomic E-state index is 14.7. The first-order valence-electron chi connectivity index (χ1n) is 19.0. The van der Waals surface area contributed by atoms with Crippen LogP contribution in [0, 0.1) is 26.2 Å². The number of alkyl halides is 3. The number of pyridine rings is 2. The standard InChI is InChI=1S/C39H48F3N7O7S/c1-24-6-7-27(31(37(4,5)36(50)51)29-8-12-49-33(26(29)3)45-46-35(49)39(40,41)42)21-28(24)22-48-23-38(9-16-54-17-10-38)56-34-30(57(48,52)53)20-25(2)32(44-34)43-11-13-47-14-18-55-19-15-47/h6-8,12,20-21,31H,9-11,13-19,22-23H2,1-5H3,(H,43,44)(H,50,51). The van der Waals surface area contributed by atoms with Crippen molar-refractivity contribution in [3.8, 4) is 5.88 Å². The molecule has 3 aliphatic heterocycles. The van der Waals surface area contributed by atoms with Crippen molar-refractivity contribution in [1.82, 2.24) is 28.8 Å². The summed E-state index contributed by atoms with van der Waals surface area (Å²) >= 11 is 0. The van der Waals surface area contributed by atoms with E-state index in [9.17, 15) is 31.5 Å². The van der Waals surface area contributed by atoms with E-state index in [1.165, 1.54) is 16.6 Å². The first-order chi connectivity index (χ1) is 26.9. The van der Waals surface area contributed by atoms with Crippen LogP contribution in [0.3, 0.4) is 0 Å². The number of morpholine rings is 1. The van der Waals surface area contributed by atoms with Crippen LogP contribution in [-0.2, 0) is 37.0 Å². The van der Waals surface area contributed by atoms with E-state index in [0.29, 0.717) is 79.4 Å². The highest BCUT2D eigenvalue weighted by atomic mass is 32.2. The van der Waals surface area contributed by atoms with Crippen molar-refractivity contribution < 1.29 is 45.7 Å². The molecule has 1 atom stereocenters. The van der Waals surface area contributed by atoms with Gasteiger partial charge in [0.05, 0.1) is 38.4 Å². The predicted molar refractivity (Wildman–Crippen MR) is 203 cm³/mol. The lowest BCUT2D eigenvalue weighted by Crippen LogP contribution is -2.50. The summed E-state index contributed by atoms with van der Waals surface area (Å²) in [6.45, 7) is 13.5. The number of carboxylic acid groups (broad SMARTS) is 1. The van der Waals surface area contributed by atoms with Crippen LogP contribution < -0.4 is 10.1 Å². The molecule has 1 spiro atoms. The van der Waals surface area contributed by atoms with E-state index in [1.807, 2.05) is 13.0 Å². The molecule has 3 aliphatic rings. The zero-order valence-corrected chi connectivity index (χ0v) is 33.5. The van der Waals surface area contributed by atoms with Gasteiger partial charge in [-0.3, -0.25) is 14.1 Å². The maximum atomic E-state index is 14.7. The number of aliphatic carboxylic acids is 1. The number of aromatic nitrogens is 4. The number of hydrogen-bond acceptors (Lipinski definition) is 11. The summed E-state index contributed by atoms with van der Waals surface area (Å²) in [5.41, 5.74) is 0.925. The summed E-state index contributed by atoms with van der Waals surface area (Å²) in [5.74, 6) is -2.63. The van der Waals surface area contributed by atoms with Gasteiger partial charge in [-0.05, 0) is 80.1 Å². The average Bonchev–Trinajstić information content (AvgIpc) is 3.59. The number of anilines is 1. The average molecular weight is 816 g/mol. The number of carboxylic acids is 1. The third kappa shape index (κ3) is 7.93. The maximum Gasteiger partial charge on any atom is 0.452 e. The largest absolute Gasteiger partial charge is 0.481 e. The van der Waals surface area contributed by atoms with Crippen LogP contribution >= 0.6 is 0 Å². The zero-order valence-electron chi connectivity index (χ0n) is 32.6. The molecule has 18 heteroatoms. The van der Waals surface area contributed by atoms with E-state index < -0.39 is 44.9 Å². The molecular weight excluding hydrogens is 768 g/mol. The second-order valence-electron chi connectivity index (χ2n) is 15.8. The fourth-order valence-electron chi connectivity index (χ4n) is 8.04. The van der Waals surface area contributed by atoms with E-state index in [1.54, 1.807) is 45.9 Å². The molecule has 3 aromatic heterocycles. The molecule has 14 nitrogen and oxygen atoms in total. The van der Waals surface area contributed by atoms with Gasteiger partial charge in [0, 0.05) is 57.7 Å². The van der Waals surface area contributed by atoms with E-state index in [4.69, 9.17) is 19.2 Å². The summed E-state index contributed by atoms with van der Waals surface area (Å²) < 4.78 is 90.7. The number of fused-ring (bicyclic) bond motifs is 2. The number of aryl methyl sites for hydroxylation is 3. The van der Waals surface area contributed by atoms with Gasteiger partial charge in [0.2, 0.25) is 21.7 Å². The SMILES string of the molecule is Cc1ccc(C(c2ccn3c(C(F)(F)F)nnc3c2C)C(C)(C)C(=O)O)cc1CN1CC2(CCOCC2)Oc2nc(NCCN3CCOCC3)c(C)cc2S1(=O)=O. The van der Waals surface area contributed by atoms with Crippen molar-refractivity contribution in [2.45, 2.75) is 76.6 Å². The second kappa shape index (κ2) is 15.4. The molecule has 7 rings (SSSR count). The molecule has 1 aromatic carbocycles. The summed E-state index contributed by atoms with van der Waals surface area (Å²) in [6.07, 6.45) is -2.68. The first-order valence-corrected chi connectivity index (χ1v) is 20.4. The topological polar surface area (TPSA) is 161 Å². The Kier molecular flexibility index (Phi) is 11.1. The Morgan fingerprint density at radius 3 is 2.39 bits per heavy atom. The summed E-state index contributed by atoms with van der Waals surface area (Å²) in [7, 11) is -4.20. The Morgan fingerprint density at radius 2 is 1.70 bits per heavy atom. The van der Waals surface area contributed by atoms with E-state index in [2.05, 4.69) is 20.4 Å². The molecule has 6 heterocycles. The summed E-state index contributed by atoms with van der Waals surface area (Å²) in [4.78, 5) is 19.9. The monoisotopic (exact) mass is 815 g/mol. The molecule has 4 aromatic rings. The molecule has 0 bridgehead atoms. The van der Waals surface area contributed by atoms with Gasteiger partial charge in [-0.2, -0.15) is 22.5 Å². The molecule has 0 saturated carbocycles. The van der Waals surface area contributed by atoms with Crippen molar-refractivity contribution in [1.29, 1.82) is 0 Å². The van der Waals surface area contributed by atoms with Crippen molar-refractivity contribution in [2.24, 2.45) is 5.41 Å². The van der Waals surface area contributed by atoms with Gasteiger partial charge in [-0.1, -0.05) is 18.2 Å². The van der Waals surface area contributed by atoms with Crippen LogP contribution in [0.4, 0.5) is 19.0 Å². The van der Waals surface area contributed by atoms with Crippen molar-refractivity contribution >= 4 is 27.5 Å². The third-order valence-corrected chi connectivity index (χ3v) is 13.3. The number of halogens is 3. The van der Waals surface area contributed by atoms with Gasteiger partial charge in [-0.15, -0.1) is 10.2 Å². The summed E-state index contributed by atoms with van der Waals surface area (Å²) in [6, 6.07) is 8.45. The molecule has 0 aliphatic carbocycles. The lowest BCUT2D eigenvalue weighted by atomic mass is 9.70.